The highest BCUT2D eigenvalue weighted by atomic mass is 16.7. The Morgan fingerprint density at radius 1 is 0.941 bits per heavy atom. The van der Waals surface area contributed by atoms with Gasteiger partial charge in [-0.1, -0.05) is 5.21 Å². The molecule has 3 heterocycles. The standard InChI is InChI=1S/C19H23N5O10/c1-7-20-17-13(18(29)22-23-21-17)24(7)19-16(33-11(5)28)15(32-10(4)27)14(31-9(3)26)12(34-19)6-30-8(2)25/h12,14-16,19H,6H2,1-5H3,(H,21,22,29)/t12-,14-,15+,16-,19-/m1/s1. The molecular weight excluding hydrogens is 458 g/mol. The molecule has 184 valence electrons. The van der Waals surface area contributed by atoms with Crippen LogP contribution in [0.15, 0.2) is 4.79 Å². The van der Waals surface area contributed by atoms with E-state index in [2.05, 4.69) is 20.4 Å². The summed E-state index contributed by atoms with van der Waals surface area (Å²) in [5.74, 6) is -2.73. The minimum absolute atomic E-state index is 0.0193. The quantitative estimate of drug-likeness (QED) is 0.394. The number of aryl methyl sites for hydroxylation is 1. The molecule has 2 aromatic rings. The average molecular weight is 481 g/mol. The van der Waals surface area contributed by atoms with Crippen LogP contribution in [-0.2, 0) is 42.9 Å². The molecule has 0 bridgehead atoms. The maximum Gasteiger partial charge on any atom is 0.303 e. The van der Waals surface area contributed by atoms with Crippen molar-refractivity contribution in [3.8, 4) is 0 Å². The second-order valence-electron chi connectivity index (χ2n) is 7.43. The second kappa shape index (κ2) is 9.94. The van der Waals surface area contributed by atoms with Crippen LogP contribution in [0.3, 0.4) is 0 Å². The van der Waals surface area contributed by atoms with Crippen molar-refractivity contribution in [1.29, 1.82) is 0 Å². The highest BCUT2D eigenvalue weighted by Crippen LogP contribution is 2.36. The fourth-order valence-corrected chi connectivity index (χ4v) is 3.71. The fraction of sp³-hybridized carbons (Fsp3) is 0.579. The van der Waals surface area contributed by atoms with E-state index in [9.17, 15) is 24.0 Å². The van der Waals surface area contributed by atoms with Gasteiger partial charge in [0, 0.05) is 27.7 Å². The van der Waals surface area contributed by atoms with Gasteiger partial charge < -0.3 is 23.7 Å². The van der Waals surface area contributed by atoms with Gasteiger partial charge in [0.15, 0.2) is 30.1 Å². The number of nitrogens with zero attached hydrogens (tertiary/aromatic N) is 4. The molecule has 5 atom stereocenters. The summed E-state index contributed by atoms with van der Waals surface area (Å²) in [6.45, 7) is 5.64. The highest BCUT2D eigenvalue weighted by Gasteiger charge is 2.53. The Balaban J connectivity index is 2.20. The van der Waals surface area contributed by atoms with Crippen LogP contribution in [0.25, 0.3) is 11.2 Å². The number of carbonyl (C=O) groups excluding carboxylic acids is 4. The molecule has 0 unspecified atom stereocenters. The number of aromatic nitrogens is 5. The molecule has 1 N–H and O–H groups in total. The summed E-state index contributed by atoms with van der Waals surface area (Å²) in [4.78, 5) is 64.0. The molecule has 0 aliphatic carbocycles. The topological polar surface area (TPSA) is 191 Å². The zero-order valence-electron chi connectivity index (χ0n) is 19.0. The second-order valence-corrected chi connectivity index (χ2v) is 7.43. The molecule has 0 radical (unpaired) electrons. The number of esters is 4. The molecule has 0 amide bonds. The maximum absolute atomic E-state index is 12.5. The van der Waals surface area contributed by atoms with Gasteiger partial charge in [-0.3, -0.25) is 28.5 Å². The number of imidazole rings is 1. The van der Waals surface area contributed by atoms with E-state index >= 15 is 0 Å². The van der Waals surface area contributed by atoms with Crippen molar-refractivity contribution in [2.75, 3.05) is 6.61 Å². The van der Waals surface area contributed by atoms with E-state index in [0.717, 1.165) is 27.7 Å². The minimum atomic E-state index is -1.40. The number of hydrogen-bond acceptors (Lipinski definition) is 13. The van der Waals surface area contributed by atoms with Crippen LogP contribution in [-0.4, -0.2) is 79.9 Å². The lowest BCUT2D eigenvalue weighted by molar-refractivity contribution is -0.268. The van der Waals surface area contributed by atoms with E-state index in [4.69, 9.17) is 23.7 Å². The normalized spacial score (nSPS) is 24.3. The van der Waals surface area contributed by atoms with Crippen LogP contribution >= 0.6 is 0 Å². The summed E-state index contributed by atoms with van der Waals surface area (Å²) in [5, 5.41) is 9.44. The first-order valence-electron chi connectivity index (χ1n) is 10.1. The summed E-state index contributed by atoms with van der Waals surface area (Å²) in [7, 11) is 0. The van der Waals surface area contributed by atoms with Gasteiger partial charge in [-0.15, -0.1) is 5.10 Å². The van der Waals surface area contributed by atoms with Gasteiger partial charge >= 0.3 is 23.9 Å². The van der Waals surface area contributed by atoms with Crippen LogP contribution < -0.4 is 5.56 Å². The molecule has 34 heavy (non-hydrogen) atoms. The number of aromatic amines is 1. The largest absolute Gasteiger partial charge is 0.463 e. The fourth-order valence-electron chi connectivity index (χ4n) is 3.71. The van der Waals surface area contributed by atoms with E-state index in [-0.39, 0.29) is 17.0 Å². The highest BCUT2D eigenvalue weighted by molar-refractivity contribution is 5.70. The van der Waals surface area contributed by atoms with Crippen molar-refractivity contribution < 1.29 is 42.9 Å². The lowest BCUT2D eigenvalue weighted by Crippen LogP contribution is -2.60. The summed E-state index contributed by atoms with van der Waals surface area (Å²) in [6, 6.07) is 0. The molecule has 2 aromatic heterocycles. The molecule has 1 aliphatic heterocycles. The van der Waals surface area contributed by atoms with Crippen LogP contribution in [0.4, 0.5) is 0 Å². The third kappa shape index (κ3) is 5.19. The van der Waals surface area contributed by atoms with Gasteiger partial charge in [-0.2, -0.15) is 0 Å². The van der Waals surface area contributed by atoms with Gasteiger partial charge in [0.25, 0.3) is 5.56 Å². The average Bonchev–Trinajstić information content (AvgIpc) is 3.05. The number of nitrogens with one attached hydrogen (secondary N) is 1. The number of carbonyl (C=O) groups is 4. The molecule has 0 saturated carbocycles. The number of fused-ring (bicyclic) bond motifs is 1. The first-order valence-corrected chi connectivity index (χ1v) is 10.1. The number of hydrogen-bond donors (Lipinski definition) is 1. The molecule has 3 rings (SSSR count). The van der Waals surface area contributed by atoms with E-state index < -0.39 is 66.7 Å². The van der Waals surface area contributed by atoms with Crippen LogP contribution in [0.2, 0.25) is 0 Å². The Morgan fingerprint density at radius 2 is 1.53 bits per heavy atom. The van der Waals surface area contributed by atoms with Gasteiger partial charge in [0.05, 0.1) is 0 Å². The monoisotopic (exact) mass is 481 g/mol. The van der Waals surface area contributed by atoms with Crippen LogP contribution in [0, 0.1) is 6.92 Å². The summed E-state index contributed by atoms with van der Waals surface area (Å²) in [6.07, 6.45) is -6.62. The van der Waals surface area contributed by atoms with Gasteiger partial charge in [0.1, 0.15) is 18.5 Å². The predicted molar refractivity (Wildman–Crippen MR) is 108 cm³/mol. The van der Waals surface area contributed by atoms with Crippen LogP contribution in [0.5, 0.6) is 0 Å². The van der Waals surface area contributed by atoms with Gasteiger partial charge in [-0.05, 0) is 6.92 Å². The van der Waals surface area contributed by atoms with Crippen molar-refractivity contribution in [1.82, 2.24) is 25.0 Å². The smallest absolute Gasteiger partial charge is 0.303 e. The van der Waals surface area contributed by atoms with Crippen molar-refractivity contribution in [3.05, 3.63) is 16.2 Å². The van der Waals surface area contributed by atoms with Crippen LogP contribution in [0.1, 0.15) is 39.7 Å². The Bertz CT molecular complexity index is 1170. The number of rotatable bonds is 6. The zero-order valence-corrected chi connectivity index (χ0v) is 19.0. The van der Waals surface area contributed by atoms with Crippen molar-refractivity contribution >= 4 is 35.0 Å². The van der Waals surface area contributed by atoms with E-state index in [0.29, 0.717) is 0 Å². The summed E-state index contributed by atoms with van der Waals surface area (Å²) in [5.41, 5.74) is -0.749. The zero-order chi connectivity index (χ0) is 25.2. The molecule has 1 saturated heterocycles. The Labute approximate surface area is 191 Å². The molecule has 15 nitrogen and oxygen atoms in total. The lowest BCUT2D eigenvalue weighted by Gasteiger charge is -2.44. The molecule has 15 heteroatoms. The van der Waals surface area contributed by atoms with Gasteiger partial charge in [0.2, 0.25) is 5.65 Å². The maximum atomic E-state index is 12.5. The number of H-pyrrole nitrogens is 1. The van der Waals surface area contributed by atoms with E-state index in [1.54, 1.807) is 0 Å². The first kappa shape index (κ1) is 24.8. The predicted octanol–water partition coefficient (Wildman–Crippen LogP) is -0.921. The van der Waals surface area contributed by atoms with Gasteiger partial charge in [-0.25, -0.2) is 10.1 Å². The lowest BCUT2D eigenvalue weighted by atomic mass is 9.97. The van der Waals surface area contributed by atoms with Crippen molar-refractivity contribution in [3.63, 3.8) is 0 Å². The third-order valence-electron chi connectivity index (χ3n) is 4.80. The Kier molecular flexibility index (Phi) is 7.24. The Hall–Kier alpha value is -3.88. The first-order chi connectivity index (χ1) is 16.0. The molecule has 0 spiro atoms. The van der Waals surface area contributed by atoms with Crippen molar-refractivity contribution in [2.24, 2.45) is 0 Å². The SMILES string of the molecule is CC(=O)OC[C@H]1O[C@@H](n2c(C)nc3nn[nH]c(=O)c32)[C@H](OC(C)=O)[C@@H](OC(C)=O)[C@@H]1OC(C)=O. The summed E-state index contributed by atoms with van der Waals surface area (Å²) >= 11 is 0. The molecule has 1 aliphatic rings. The summed E-state index contributed by atoms with van der Waals surface area (Å²) < 4.78 is 28.6. The molecule has 0 aromatic carbocycles. The minimum Gasteiger partial charge on any atom is -0.463 e. The Morgan fingerprint density at radius 3 is 2.12 bits per heavy atom. The molecular formula is C19H23N5O10. The third-order valence-corrected chi connectivity index (χ3v) is 4.80. The molecule has 1 fully saturated rings. The van der Waals surface area contributed by atoms with Crippen molar-refractivity contribution in [2.45, 2.75) is 65.3 Å². The number of ether oxygens (including phenoxy) is 5. The van der Waals surface area contributed by atoms with E-state index in [1.807, 2.05) is 0 Å². The van der Waals surface area contributed by atoms with E-state index in [1.165, 1.54) is 11.5 Å².